The number of para-hydroxylation sites is 1. The van der Waals surface area contributed by atoms with E-state index in [4.69, 9.17) is 9.15 Å². The van der Waals surface area contributed by atoms with E-state index in [1.807, 2.05) is 25.1 Å². The highest BCUT2D eigenvalue weighted by atomic mass is 16.5. The third-order valence-corrected chi connectivity index (χ3v) is 2.89. The van der Waals surface area contributed by atoms with E-state index >= 15 is 0 Å². The number of nitrogens with one attached hydrogen (secondary N) is 1. The minimum absolute atomic E-state index is 0.214. The fourth-order valence-corrected chi connectivity index (χ4v) is 1.84. The molecular formula is C15H19NO2. The van der Waals surface area contributed by atoms with Crippen LogP contribution in [0.4, 0.5) is 5.69 Å². The summed E-state index contributed by atoms with van der Waals surface area (Å²) in [5, 5.41) is 3.48. The first-order valence-electron chi connectivity index (χ1n) is 6.25. The summed E-state index contributed by atoms with van der Waals surface area (Å²) in [5.74, 6) is 0. The highest BCUT2D eigenvalue weighted by Gasteiger charge is 2.08. The SMILES string of the molecule is CCOCc1ccccc1NC(C)c1ccoc1. The summed E-state index contributed by atoms with van der Waals surface area (Å²) in [6, 6.07) is 10.4. The summed E-state index contributed by atoms with van der Waals surface area (Å²) >= 11 is 0. The summed E-state index contributed by atoms with van der Waals surface area (Å²) < 4.78 is 10.6. The third-order valence-electron chi connectivity index (χ3n) is 2.89. The van der Waals surface area contributed by atoms with Gasteiger partial charge in [-0.3, -0.25) is 0 Å². The second-order valence-corrected chi connectivity index (χ2v) is 4.22. The van der Waals surface area contributed by atoms with Crippen molar-refractivity contribution in [1.82, 2.24) is 0 Å². The molecule has 96 valence electrons. The van der Waals surface area contributed by atoms with E-state index in [9.17, 15) is 0 Å². The van der Waals surface area contributed by atoms with Gasteiger partial charge in [-0.05, 0) is 26.0 Å². The maximum Gasteiger partial charge on any atom is 0.0955 e. The zero-order chi connectivity index (χ0) is 12.8. The Bertz CT molecular complexity index is 465. The Hall–Kier alpha value is -1.74. The molecule has 0 saturated heterocycles. The van der Waals surface area contributed by atoms with Gasteiger partial charge >= 0.3 is 0 Å². The van der Waals surface area contributed by atoms with Crippen molar-refractivity contribution in [2.24, 2.45) is 0 Å². The molecule has 0 spiro atoms. The lowest BCUT2D eigenvalue weighted by atomic mass is 10.1. The Morgan fingerprint density at radius 3 is 2.83 bits per heavy atom. The fraction of sp³-hybridized carbons (Fsp3) is 0.333. The predicted octanol–water partition coefficient (Wildman–Crippen LogP) is 3.99. The fourth-order valence-electron chi connectivity index (χ4n) is 1.84. The van der Waals surface area contributed by atoms with E-state index in [-0.39, 0.29) is 6.04 Å². The number of benzene rings is 1. The average Bonchev–Trinajstić information content (AvgIpc) is 2.91. The van der Waals surface area contributed by atoms with Gasteiger partial charge in [0.05, 0.1) is 25.2 Å². The Labute approximate surface area is 108 Å². The lowest BCUT2D eigenvalue weighted by Crippen LogP contribution is -2.08. The van der Waals surface area contributed by atoms with Crippen molar-refractivity contribution in [2.45, 2.75) is 26.5 Å². The van der Waals surface area contributed by atoms with Gasteiger partial charge in [0, 0.05) is 23.4 Å². The average molecular weight is 245 g/mol. The number of rotatable bonds is 6. The number of ether oxygens (including phenoxy) is 1. The van der Waals surface area contributed by atoms with Crippen LogP contribution in [0.3, 0.4) is 0 Å². The minimum atomic E-state index is 0.214. The third kappa shape index (κ3) is 3.14. The van der Waals surface area contributed by atoms with Gasteiger partial charge in [0.1, 0.15) is 0 Å². The second-order valence-electron chi connectivity index (χ2n) is 4.22. The van der Waals surface area contributed by atoms with E-state index in [1.165, 1.54) is 5.56 Å². The number of furan rings is 1. The molecule has 0 bridgehead atoms. The number of hydrogen-bond acceptors (Lipinski definition) is 3. The van der Waals surface area contributed by atoms with Crippen LogP contribution < -0.4 is 5.32 Å². The van der Waals surface area contributed by atoms with E-state index in [0.717, 1.165) is 17.9 Å². The van der Waals surface area contributed by atoms with Crippen LogP contribution >= 0.6 is 0 Å². The first-order valence-corrected chi connectivity index (χ1v) is 6.25. The summed E-state index contributed by atoms with van der Waals surface area (Å²) in [6.45, 7) is 5.48. The summed E-state index contributed by atoms with van der Waals surface area (Å²) in [6.07, 6.45) is 3.46. The van der Waals surface area contributed by atoms with Crippen molar-refractivity contribution in [1.29, 1.82) is 0 Å². The largest absolute Gasteiger partial charge is 0.472 e. The van der Waals surface area contributed by atoms with E-state index in [2.05, 4.69) is 24.4 Å². The molecule has 3 nitrogen and oxygen atoms in total. The number of anilines is 1. The molecule has 0 aliphatic rings. The molecule has 0 aliphatic heterocycles. The van der Waals surface area contributed by atoms with E-state index in [0.29, 0.717) is 6.61 Å². The first kappa shape index (κ1) is 12.7. The van der Waals surface area contributed by atoms with Gasteiger partial charge in [0.15, 0.2) is 0 Å². The molecule has 1 aromatic carbocycles. The molecule has 1 aromatic heterocycles. The van der Waals surface area contributed by atoms with Crippen molar-refractivity contribution >= 4 is 5.69 Å². The Morgan fingerprint density at radius 1 is 1.28 bits per heavy atom. The van der Waals surface area contributed by atoms with Crippen LogP contribution in [0, 0.1) is 0 Å². The smallest absolute Gasteiger partial charge is 0.0955 e. The van der Waals surface area contributed by atoms with Crippen molar-refractivity contribution < 1.29 is 9.15 Å². The van der Waals surface area contributed by atoms with Gasteiger partial charge in [-0.25, -0.2) is 0 Å². The number of hydrogen-bond donors (Lipinski definition) is 1. The molecular weight excluding hydrogens is 226 g/mol. The highest BCUT2D eigenvalue weighted by Crippen LogP contribution is 2.23. The quantitative estimate of drug-likeness (QED) is 0.835. The van der Waals surface area contributed by atoms with Crippen LogP contribution in [0.15, 0.2) is 47.3 Å². The van der Waals surface area contributed by atoms with Gasteiger partial charge in [-0.2, -0.15) is 0 Å². The van der Waals surface area contributed by atoms with Crippen LogP contribution in [0.5, 0.6) is 0 Å². The van der Waals surface area contributed by atoms with Crippen LogP contribution in [0.2, 0.25) is 0 Å². The molecule has 0 fully saturated rings. The summed E-state index contributed by atoms with van der Waals surface area (Å²) in [7, 11) is 0. The standard InChI is InChI=1S/C15H19NO2/c1-3-17-11-14-6-4-5-7-15(14)16-12(2)13-8-9-18-10-13/h4-10,12,16H,3,11H2,1-2H3. The van der Waals surface area contributed by atoms with Crippen molar-refractivity contribution in [3.8, 4) is 0 Å². The Kier molecular flexibility index (Phi) is 4.42. The normalized spacial score (nSPS) is 12.3. The van der Waals surface area contributed by atoms with Crippen LogP contribution in [-0.4, -0.2) is 6.61 Å². The molecule has 2 aromatic rings. The zero-order valence-electron chi connectivity index (χ0n) is 10.8. The molecule has 1 heterocycles. The molecule has 0 radical (unpaired) electrons. The zero-order valence-corrected chi connectivity index (χ0v) is 10.8. The molecule has 0 amide bonds. The highest BCUT2D eigenvalue weighted by molar-refractivity contribution is 5.52. The Morgan fingerprint density at radius 2 is 2.11 bits per heavy atom. The van der Waals surface area contributed by atoms with Crippen LogP contribution in [0.25, 0.3) is 0 Å². The monoisotopic (exact) mass is 245 g/mol. The summed E-state index contributed by atoms with van der Waals surface area (Å²) in [4.78, 5) is 0. The minimum Gasteiger partial charge on any atom is -0.472 e. The molecule has 1 unspecified atom stereocenters. The van der Waals surface area contributed by atoms with Gasteiger partial charge in [0.25, 0.3) is 0 Å². The molecule has 18 heavy (non-hydrogen) atoms. The molecule has 0 aliphatic carbocycles. The summed E-state index contributed by atoms with van der Waals surface area (Å²) in [5.41, 5.74) is 3.43. The van der Waals surface area contributed by atoms with Gasteiger partial charge in [-0.1, -0.05) is 18.2 Å². The van der Waals surface area contributed by atoms with Crippen molar-refractivity contribution in [3.63, 3.8) is 0 Å². The van der Waals surface area contributed by atoms with Crippen LogP contribution in [-0.2, 0) is 11.3 Å². The van der Waals surface area contributed by atoms with Gasteiger partial charge in [-0.15, -0.1) is 0 Å². The Balaban J connectivity index is 2.08. The van der Waals surface area contributed by atoms with Crippen molar-refractivity contribution in [2.75, 3.05) is 11.9 Å². The molecule has 3 heteroatoms. The topological polar surface area (TPSA) is 34.4 Å². The molecule has 1 atom stereocenters. The van der Waals surface area contributed by atoms with Crippen molar-refractivity contribution in [3.05, 3.63) is 54.0 Å². The lowest BCUT2D eigenvalue weighted by Gasteiger charge is -2.17. The molecule has 0 saturated carbocycles. The first-order chi connectivity index (χ1) is 8.81. The predicted molar refractivity (Wildman–Crippen MR) is 72.5 cm³/mol. The van der Waals surface area contributed by atoms with Gasteiger partial charge < -0.3 is 14.5 Å². The second kappa shape index (κ2) is 6.26. The molecule has 2 rings (SSSR count). The maximum absolute atomic E-state index is 5.47. The molecule has 1 N–H and O–H groups in total. The van der Waals surface area contributed by atoms with Crippen LogP contribution in [0.1, 0.15) is 31.0 Å². The maximum atomic E-state index is 5.47. The van der Waals surface area contributed by atoms with E-state index < -0.39 is 0 Å². The lowest BCUT2D eigenvalue weighted by molar-refractivity contribution is 0.134. The van der Waals surface area contributed by atoms with E-state index in [1.54, 1.807) is 12.5 Å². The van der Waals surface area contributed by atoms with Gasteiger partial charge in [0.2, 0.25) is 0 Å².